The van der Waals surface area contributed by atoms with Crippen molar-refractivity contribution in [2.24, 2.45) is 11.7 Å². The molecule has 0 radical (unpaired) electrons. The number of amides is 2. The van der Waals surface area contributed by atoms with E-state index < -0.39 is 5.91 Å². The van der Waals surface area contributed by atoms with Crippen LogP contribution in [0.25, 0.3) is 0 Å². The van der Waals surface area contributed by atoms with Crippen LogP contribution in [0.3, 0.4) is 0 Å². The normalized spacial score (nSPS) is 19.5. The van der Waals surface area contributed by atoms with Gasteiger partial charge in [0.1, 0.15) is 4.88 Å². The predicted molar refractivity (Wildman–Crippen MR) is 69.4 cm³/mol. The molecule has 0 unspecified atom stereocenters. The topological polar surface area (TPSA) is 76.3 Å². The monoisotopic (exact) mass is 267 g/mol. The van der Waals surface area contributed by atoms with Gasteiger partial charge < -0.3 is 10.6 Å². The molecule has 18 heavy (non-hydrogen) atoms. The summed E-state index contributed by atoms with van der Waals surface area (Å²) in [6.45, 7) is 5.28. The molecule has 5 nitrogen and oxygen atoms in total. The molecule has 2 rings (SSSR count). The molecule has 0 aliphatic carbocycles. The zero-order chi connectivity index (χ0) is 13.3. The lowest BCUT2D eigenvalue weighted by atomic mass is 10.1. The molecule has 98 valence electrons. The number of hydrogen-bond donors (Lipinski definition) is 1. The molecule has 1 fully saturated rings. The van der Waals surface area contributed by atoms with Gasteiger partial charge in [-0.2, -0.15) is 0 Å². The van der Waals surface area contributed by atoms with Crippen molar-refractivity contribution in [2.45, 2.75) is 26.2 Å². The lowest BCUT2D eigenvalue weighted by Gasteiger charge is -2.18. The number of aromatic nitrogens is 1. The van der Waals surface area contributed by atoms with E-state index in [4.69, 9.17) is 5.73 Å². The van der Waals surface area contributed by atoms with Gasteiger partial charge in [-0.1, -0.05) is 13.8 Å². The quantitative estimate of drug-likeness (QED) is 0.894. The van der Waals surface area contributed by atoms with Crippen LogP contribution in [0.5, 0.6) is 0 Å². The van der Waals surface area contributed by atoms with E-state index in [1.807, 2.05) is 18.7 Å². The molecule has 1 saturated heterocycles. The Bertz CT molecular complexity index is 470. The average Bonchev–Trinajstić information content (AvgIpc) is 2.96. The first-order valence-corrected chi connectivity index (χ1v) is 6.85. The minimum atomic E-state index is -0.438. The predicted octanol–water partition coefficient (Wildman–Crippen LogP) is 1.21. The zero-order valence-electron chi connectivity index (χ0n) is 10.5. The smallest absolute Gasteiger partial charge is 0.260 e. The molecule has 1 aromatic rings. The van der Waals surface area contributed by atoms with Crippen molar-refractivity contribution in [3.8, 4) is 0 Å². The summed E-state index contributed by atoms with van der Waals surface area (Å²) in [5.74, 6) is 0.0167. The number of rotatable bonds is 3. The van der Waals surface area contributed by atoms with E-state index >= 15 is 0 Å². The van der Waals surface area contributed by atoms with E-state index in [2.05, 4.69) is 4.98 Å². The van der Waals surface area contributed by atoms with Gasteiger partial charge in [0.05, 0.1) is 11.2 Å². The highest BCUT2D eigenvalue weighted by Gasteiger charge is 2.30. The second kappa shape index (κ2) is 5.06. The van der Waals surface area contributed by atoms with Crippen LogP contribution in [0.15, 0.2) is 6.20 Å². The summed E-state index contributed by atoms with van der Waals surface area (Å²) < 4.78 is 0. The van der Waals surface area contributed by atoms with Crippen LogP contribution in [-0.4, -0.2) is 34.8 Å². The first-order chi connectivity index (χ1) is 8.49. The summed E-state index contributed by atoms with van der Waals surface area (Å²) in [6.07, 6.45) is 2.43. The molecule has 0 bridgehead atoms. The van der Waals surface area contributed by atoms with E-state index in [9.17, 15) is 9.59 Å². The second-order valence-electron chi connectivity index (χ2n) is 4.85. The molecule has 1 aromatic heterocycles. The Hall–Kier alpha value is -1.43. The van der Waals surface area contributed by atoms with Gasteiger partial charge in [-0.15, -0.1) is 11.3 Å². The summed E-state index contributed by atoms with van der Waals surface area (Å²) in [7, 11) is 0. The van der Waals surface area contributed by atoms with E-state index in [0.29, 0.717) is 11.4 Å². The average molecular weight is 267 g/mol. The fourth-order valence-electron chi connectivity index (χ4n) is 2.12. The van der Waals surface area contributed by atoms with Gasteiger partial charge in [0.15, 0.2) is 0 Å². The van der Waals surface area contributed by atoms with Crippen LogP contribution in [0.4, 0.5) is 0 Å². The summed E-state index contributed by atoms with van der Waals surface area (Å²) in [5.41, 5.74) is 5.21. The number of carbonyl (C=O) groups is 2. The van der Waals surface area contributed by atoms with Gasteiger partial charge >= 0.3 is 0 Å². The second-order valence-corrected chi connectivity index (χ2v) is 5.91. The van der Waals surface area contributed by atoms with Crippen LogP contribution < -0.4 is 5.73 Å². The number of hydrogen-bond acceptors (Lipinski definition) is 4. The molecule has 2 N–H and O–H groups in total. The minimum Gasteiger partial charge on any atom is -0.365 e. The van der Waals surface area contributed by atoms with Crippen molar-refractivity contribution in [1.82, 2.24) is 9.88 Å². The maximum Gasteiger partial charge on any atom is 0.260 e. The van der Waals surface area contributed by atoms with Crippen LogP contribution in [0, 0.1) is 5.92 Å². The lowest BCUT2D eigenvalue weighted by molar-refractivity contribution is -0.133. The van der Waals surface area contributed by atoms with Gasteiger partial charge in [-0.3, -0.25) is 9.59 Å². The fraction of sp³-hybridized carbons (Fsp3) is 0.583. The Balaban J connectivity index is 2.04. The molecule has 0 aromatic carbocycles. The first kappa shape index (κ1) is 13.0. The third-order valence-electron chi connectivity index (χ3n) is 3.11. The maximum absolute atomic E-state index is 11.9. The molecule has 1 aliphatic rings. The molecule has 6 heteroatoms. The SMILES string of the molecule is CC(C)C(=O)N1CC[C@H](c2ncc(C(N)=O)s2)C1. The van der Waals surface area contributed by atoms with E-state index in [1.165, 1.54) is 17.5 Å². The van der Waals surface area contributed by atoms with Crippen molar-refractivity contribution in [3.05, 3.63) is 16.1 Å². The Morgan fingerprint density at radius 1 is 1.56 bits per heavy atom. The number of primary amides is 1. The minimum absolute atomic E-state index is 0.0289. The number of nitrogens with two attached hydrogens (primary N) is 1. The summed E-state index contributed by atoms with van der Waals surface area (Å²) in [5, 5.41) is 0.905. The number of nitrogens with zero attached hydrogens (tertiary/aromatic N) is 2. The van der Waals surface area contributed by atoms with Gasteiger partial charge in [-0.05, 0) is 6.42 Å². The highest BCUT2D eigenvalue weighted by atomic mass is 32.1. The maximum atomic E-state index is 11.9. The molecule has 2 heterocycles. The molecular weight excluding hydrogens is 250 g/mol. The number of thiazole rings is 1. The van der Waals surface area contributed by atoms with Crippen molar-refractivity contribution in [2.75, 3.05) is 13.1 Å². The van der Waals surface area contributed by atoms with E-state index in [0.717, 1.165) is 18.0 Å². The van der Waals surface area contributed by atoms with Crippen molar-refractivity contribution in [3.63, 3.8) is 0 Å². The Morgan fingerprint density at radius 3 is 2.83 bits per heavy atom. The van der Waals surface area contributed by atoms with Crippen LogP contribution in [0.2, 0.25) is 0 Å². The third-order valence-corrected chi connectivity index (χ3v) is 4.28. The molecular formula is C12H17N3O2S. The summed E-state index contributed by atoms with van der Waals surface area (Å²) >= 11 is 1.34. The molecule has 1 aliphatic heterocycles. The molecule has 0 saturated carbocycles. The fourth-order valence-corrected chi connectivity index (χ4v) is 3.01. The number of likely N-dealkylation sites (tertiary alicyclic amines) is 1. The van der Waals surface area contributed by atoms with Crippen LogP contribution >= 0.6 is 11.3 Å². The standard InChI is InChI=1S/C12H17N3O2S/c1-7(2)12(17)15-4-3-8(6-15)11-14-5-9(18-11)10(13)16/h5,7-8H,3-4,6H2,1-2H3,(H2,13,16)/t8-/m0/s1. The Kier molecular flexibility index (Phi) is 3.65. The van der Waals surface area contributed by atoms with Gasteiger partial charge in [0.25, 0.3) is 5.91 Å². The van der Waals surface area contributed by atoms with Crippen molar-refractivity contribution >= 4 is 23.2 Å². The largest absolute Gasteiger partial charge is 0.365 e. The Labute approximate surface area is 110 Å². The Morgan fingerprint density at radius 2 is 2.28 bits per heavy atom. The zero-order valence-corrected chi connectivity index (χ0v) is 11.4. The van der Waals surface area contributed by atoms with Gasteiger partial charge in [0, 0.05) is 24.9 Å². The molecule has 2 amide bonds. The summed E-state index contributed by atoms with van der Waals surface area (Å²) in [6, 6.07) is 0. The van der Waals surface area contributed by atoms with Crippen LogP contribution in [0.1, 0.15) is 40.9 Å². The van der Waals surface area contributed by atoms with Gasteiger partial charge in [-0.25, -0.2) is 4.98 Å². The summed E-state index contributed by atoms with van der Waals surface area (Å²) in [4.78, 5) is 29.5. The molecule has 1 atom stereocenters. The van der Waals surface area contributed by atoms with E-state index in [1.54, 1.807) is 0 Å². The first-order valence-electron chi connectivity index (χ1n) is 6.03. The molecule has 0 spiro atoms. The third kappa shape index (κ3) is 2.53. The lowest BCUT2D eigenvalue weighted by Crippen LogP contribution is -2.31. The highest BCUT2D eigenvalue weighted by molar-refractivity contribution is 7.13. The highest BCUT2D eigenvalue weighted by Crippen LogP contribution is 2.30. The van der Waals surface area contributed by atoms with Gasteiger partial charge in [0.2, 0.25) is 5.91 Å². The number of carbonyl (C=O) groups excluding carboxylic acids is 2. The van der Waals surface area contributed by atoms with Crippen molar-refractivity contribution < 1.29 is 9.59 Å². The van der Waals surface area contributed by atoms with Crippen LogP contribution in [-0.2, 0) is 4.79 Å². The van der Waals surface area contributed by atoms with E-state index in [-0.39, 0.29) is 17.7 Å². The van der Waals surface area contributed by atoms with Crippen molar-refractivity contribution in [1.29, 1.82) is 0 Å².